The average molecular weight is 430 g/mol. The van der Waals surface area contributed by atoms with Crippen molar-refractivity contribution in [2.24, 2.45) is 5.92 Å². The molecule has 1 N–H and O–H groups in total. The molecule has 30 heavy (non-hydrogen) atoms. The van der Waals surface area contributed by atoms with E-state index < -0.39 is 0 Å². The molecule has 2 aromatic rings. The molecule has 0 spiro atoms. The number of thioether (sulfide) groups is 1. The molecule has 1 saturated heterocycles. The number of nitrogens with one attached hydrogen (secondary N) is 1. The monoisotopic (exact) mass is 429 g/mol. The first kappa shape index (κ1) is 21.8. The van der Waals surface area contributed by atoms with Gasteiger partial charge in [0.05, 0.1) is 5.69 Å². The van der Waals surface area contributed by atoms with Crippen LogP contribution in [0.2, 0.25) is 0 Å². The van der Waals surface area contributed by atoms with E-state index in [0.29, 0.717) is 42.1 Å². The van der Waals surface area contributed by atoms with Gasteiger partial charge in [0.25, 0.3) is 11.1 Å². The molecular formula is C22H24FN3O3S. The number of para-hydroxylation sites is 1. The quantitative estimate of drug-likeness (QED) is 0.744. The second-order valence-corrected chi connectivity index (χ2v) is 8.31. The molecule has 1 aliphatic rings. The van der Waals surface area contributed by atoms with Gasteiger partial charge < -0.3 is 15.1 Å². The largest absolute Gasteiger partial charge is 0.339 e. The molecule has 1 heterocycles. The van der Waals surface area contributed by atoms with Crippen molar-refractivity contribution in [1.82, 2.24) is 9.80 Å². The number of likely N-dealkylation sites (tertiary alicyclic amines) is 1. The fourth-order valence-corrected chi connectivity index (χ4v) is 3.95. The zero-order valence-corrected chi connectivity index (χ0v) is 17.7. The standard InChI is InChI=1S/C22H24FN3O3S/c1-25(2)22(29)30-19-6-4-3-5-18(19)24-20(27)15-11-13-26(14-12-15)21(28)16-7-9-17(23)10-8-16/h3-10,15H,11-14H2,1-2H3,(H,24,27). The zero-order valence-electron chi connectivity index (χ0n) is 16.9. The highest BCUT2D eigenvalue weighted by Crippen LogP contribution is 2.30. The minimum atomic E-state index is -0.382. The molecule has 3 amide bonds. The van der Waals surface area contributed by atoms with E-state index in [0.717, 1.165) is 11.8 Å². The Bertz CT molecular complexity index is 925. The first-order valence-electron chi connectivity index (χ1n) is 9.69. The highest BCUT2D eigenvalue weighted by molar-refractivity contribution is 8.13. The third kappa shape index (κ3) is 5.38. The molecule has 2 aromatic carbocycles. The molecule has 0 atom stereocenters. The number of carbonyl (C=O) groups excluding carboxylic acids is 3. The topological polar surface area (TPSA) is 69.7 Å². The summed E-state index contributed by atoms with van der Waals surface area (Å²) in [6, 6.07) is 12.7. The normalized spacial score (nSPS) is 14.3. The minimum Gasteiger partial charge on any atom is -0.339 e. The van der Waals surface area contributed by atoms with E-state index in [9.17, 15) is 18.8 Å². The van der Waals surface area contributed by atoms with E-state index in [2.05, 4.69) is 5.32 Å². The molecule has 1 fully saturated rings. The van der Waals surface area contributed by atoms with Gasteiger partial charge in [-0.05, 0) is 61.0 Å². The van der Waals surface area contributed by atoms with Crippen LogP contribution in [-0.4, -0.2) is 54.0 Å². The number of hydrogen-bond acceptors (Lipinski definition) is 4. The van der Waals surface area contributed by atoms with E-state index >= 15 is 0 Å². The number of rotatable bonds is 4. The van der Waals surface area contributed by atoms with E-state index in [4.69, 9.17) is 0 Å². The summed E-state index contributed by atoms with van der Waals surface area (Å²) in [4.78, 5) is 41.2. The number of hydrogen-bond donors (Lipinski definition) is 1. The maximum absolute atomic E-state index is 13.1. The molecule has 8 heteroatoms. The number of benzene rings is 2. The van der Waals surface area contributed by atoms with Crippen LogP contribution in [0.1, 0.15) is 23.2 Å². The van der Waals surface area contributed by atoms with Crippen molar-refractivity contribution in [2.75, 3.05) is 32.5 Å². The molecule has 0 unspecified atom stereocenters. The zero-order chi connectivity index (χ0) is 21.7. The van der Waals surface area contributed by atoms with Crippen LogP contribution in [0, 0.1) is 11.7 Å². The van der Waals surface area contributed by atoms with Gasteiger partial charge in [-0.2, -0.15) is 0 Å². The summed E-state index contributed by atoms with van der Waals surface area (Å²) < 4.78 is 13.1. The fourth-order valence-electron chi connectivity index (χ4n) is 3.20. The van der Waals surface area contributed by atoms with Gasteiger partial charge in [0.2, 0.25) is 5.91 Å². The Labute approximate surface area is 179 Å². The van der Waals surface area contributed by atoms with Crippen LogP contribution < -0.4 is 5.32 Å². The highest BCUT2D eigenvalue weighted by atomic mass is 32.2. The lowest BCUT2D eigenvalue weighted by Crippen LogP contribution is -2.41. The Morgan fingerprint density at radius 3 is 2.30 bits per heavy atom. The van der Waals surface area contributed by atoms with Crippen molar-refractivity contribution in [2.45, 2.75) is 17.7 Å². The molecular weight excluding hydrogens is 405 g/mol. The molecule has 0 radical (unpaired) electrons. The van der Waals surface area contributed by atoms with Crippen molar-refractivity contribution in [1.29, 1.82) is 0 Å². The van der Waals surface area contributed by atoms with Crippen molar-refractivity contribution in [3.05, 3.63) is 59.9 Å². The molecule has 0 saturated carbocycles. The van der Waals surface area contributed by atoms with Gasteiger partial charge in [-0.1, -0.05) is 12.1 Å². The van der Waals surface area contributed by atoms with Crippen molar-refractivity contribution >= 4 is 34.5 Å². The van der Waals surface area contributed by atoms with Crippen LogP contribution in [0.5, 0.6) is 0 Å². The third-order valence-electron chi connectivity index (χ3n) is 4.95. The Morgan fingerprint density at radius 1 is 1.03 bits per heavy atom. The predicted molar refractivity (Wildman–Crippen MR) is 115 cm³/mol. The summed E-state index contributed by atoms with van der Waals surface area (Å²) in [6.45, 7) is 0.924. The van der Waals surface area contributed by atoms with Gasteiger partial charge in [-0.15, -0.1) is 0 Å². The molecule has 0 bridgehead atoms. The maximum Gasteiger partial charge on any atom is 0.286 e. The number of amides is 3. The number of nitrogens with zero attached hydrogens (tertiary/aromatic N) is 2. The average Bonchev–Trinajstić information content (AvgIpc) is 2.75. The first-order valence-corrected chi connectivity index (χ1v) is 10.5. The van der Waals surface area contributed by atoms with Crippen molar-refractivity contribution in [3.8, 4) is 0 Å². The van der Waals surface area contributed by atoms with Crippen LogP contribution in [0.4, 0.5) is 14.9 Å². The Morgan fingerprint density at radius 2 is 1.67 bits per heavy atom. The molecule has 0 aliphatic carbocycles. The summed E-state index contributed by atoms with van der Waals surface area (Å²) in [6.07, 6.45) is 1.09. The lowest BCUT2D eigenvalue weighted by Gasteiger charge is -2.31. The maximum atomic E-state index is 13.1. The number of carbonyl (C=O) groups is 3. The van der Waals surface area contributed by atoms with Gasteiger partial charge in [0.1, 0.15) is 5.82 Å². The SMILES string of the molecule is CN(C)C(=O)Sc1ccccc1NC(=O)C1CCN(C(=O)c2ccc(F)cc2)CC1. The number of piperidine rings is 1. The van der Waals surface area contributed by atoms with Gasteiger partial charge >= 0.3 is 0 Å². The lowest BCUT2D eigenvalue weighted by molar-refractivity contribution is -0.121. The summed E-state index contributed by atoms with van der Waals surface area (Å²) in [7, 11) is 3.36. The Hall–Kier alpha value is -2.87. The number of halogens is 1. The van der Waals surface area contributed by atoms with E-state index in [1.54, 1.807) is 31.1 Å². The summed E-state index contributed by atoms with van der Waals surface area (Å²) in [5.41, 5.74) is 1.04. The minimum absolute atomic E-state index is 0.116. The third-order valence-corrected chi connectivity index (χ3v) is 6.07. The second kappa shape index (κ2) is 9.75. The lowest BCUT2D eigenvalue weighted by atomic mass is 9.95. The Kier molecular flexibility index (Phi) is 7.10. The molecule has 1 aliphatic heterocycles. The van der Waals surface area contributed by atoms with Gasteiger partial charge in [-0.25, -0.2) is 4.39 Å². The van der Waals surface area contributed by atoms with Crippen LogP contribution in [0.3, 0.4) is 0 Å². The van der Waals surface area contributed by atoms with E-state index in [1.165, 1.54) is 29.2 Å². The van der Waals surface area contributed by atoms with E-state index in [-0.39, 0.29) is 28.8 Å². The highest BCUT2D eigenvalue weighted by Gasteiger charge is 2.28. The summed E-state index contributed by atoms with van der Waals surface area (Å²) in [5.74, 6) is -0.871. The van der Waals surface area contributed by atoms with Crippen LogP contribution in [-0.2, 0) is 4.79 Å². The smallest absolute Gasteiger partial charge is 0.286 e. The first-order chi connectivity index (χ1) is 14.3. The molecule has 158 valence electrons. The van der Waals surface area contributed by atoms with Crippen molar-refractivity contribution in [3.63, 3.8) is 0 Å². The second-order valence-electron chi connectivity index (χ2n) is 7.32. The molecule has 0 aromatic heterocycles. The van der Waals surface area contributed by atoms with Crippen molar-refractivity contribution < 1.29 is 18.8 Å². The summed E-state index contributed by atoms with van der Waals surface area (Å²) >= 11 is 1.06. The van der Waals surface area contributed by atoms with Gasteiger partial charge in [0, 0.05) is 43.6 Å². The van der Waals surface area contributed by atoms with Crippen LogP contribution in [0.25, 0.3) is 0 Å². The van der Waals surface area contributed by atoms with Crippen LogP contribution in [0.15, 0.2) is 53.4 Å². The van der Waals surface area contributed by atoms with Gasteiger partial charge in [-0.3, -0.25) is 14.4 Å². The summed E-state index contributed by atoms with van der Waals surface area (Å²) in [5, 5.41) is 2.81. The van der Waals surface area contributed by atoms with E-state index in [1.807, 2.05) is 12.1 Å². The van der Waals surface area contributed by atoms with Crippen LogP contribution >= 0.6 is 11.8 Å². The number of anilines is 1. The van der Waals surface area contributed by atoms with Gasteiger partial charge in [0.15, 0.2) is 0 Å². The Balaban J connectivity index is 1.58. The molecule has 3 rings (SSSR count). The molecule has 6 nitrogen and oxygen atoms in total. The predicted octanol–water partition coefficient (Wildman–Crippen LogP) is 4.09. The fraction of sp³-hybridized carbons (Fsp3) is 0.318.